The average Bonchev–Trinajstić information content (AvgIpc) is 3.63. The first-order chi connectivity index (χ1) is 21.3. The van der Waals surface area contributed by atoms with Crippen LogP contribution in [0.1, 0.15) is 62.0 Å². The monoisotopic (exact) mass is 638 g/mol. The fraction of sp³-hybridized carbons (Fsp3) is 0.455. The molecule has 2 amide bonds. The van der Waals surface area contributed by atoms with Crippen LogP contribution >= 0.6 is 12.6 Å². The van der Waals surface area contributed by atoms with Crippen molar-refractivity contribution < 1.29 is 34.5 Å². The van der Waals surface area contributed by atoms with Crippen LogP contribution in [0.3, 0.4) is 0 Å². The Bertz CT molecular complexity index is 1520. The Kier molecular flexibility index (Phi) is 10.5. The molecule has 3 aliphatic heterocycles. The Balaban J connectivity index is 1.74. The third kappa shape index (κ3) is 7.12. The van der Waals surface area contributed by atoms with Crippen molar-refractivity contribution >= 4 is 48.5 Å². The van der Waals surface area contributed by atoms with Crippen molar-refractivity contribution in [2.24, 2.45) is 17.8 Å². The van der Waals surface area contributed by atoms with Gasteiger partial charge in [0.1, 0.15) is 0 Å². The Morgan fingerprint density at radius 2 is 1.67 bits per heavy atom. The van der Waals surface area contributed by atoms with Gasteiger partial charge in [-0.1, -0.05) is 19.6 Å². The number of H-pyrrole nitrogens is 1. The van der Waals surface area contributed by atoms with Gasteiger partial charge >= 0.3 is 11.9 Å². The number of aromatic amines is 1. The van der Waals surface area contributed by atoms with E-state index in [4.69, 9.17) is 0 Å². The minimum absolute atomic E-state index is 0.0776. The van der Waals surface area contributed by atoms with Crippen LogP contribution in [-0.4, -0.2) is 68.0 Å². The number of amides is 2. The van der Waals surface area contributed by atoms with Crippen molar-refractivity contribution in [1.82, 2.24) is 20.9 Å². The van der Waals surface area contributed by atoms with Crippen molar-refractivity contribution in [3.63, 3.8) is 0 Å². The van der Waals surface area contributed by atoms with Crippen molar-refractivity contribution in [3.8, 4) is 0 Å². The second kappa shape index (κ2) is 13.9. The number of aromatic nitrogens is 1. The van der Waals surface area contributed by atoms with Gasteiger partial charge in [0.05, 0.1) is 18.6 Å². The molecule has 1 aromatic heterocycles. The van der Waals surface area contributed by atoms with Gasteiger partial charge in [-0.15, -0.1) is 6.58 Å². The van der Waals surface area contributed by atoms with Crippen LogP contribution in [0, 0.1) is 24.7 Å². The largest absolute Gasteiger partial charge is 0.481 e. The molecule has 0 spiro atoms. The number of allylic oxidation sites excluding steroid dienone is 2. The molecule has 6 atom stereocenters. The van der Waals surface area contributed by atoms with Crippen LogP contribution in [-0.2, 0) is 25.6 Å². The van der Waals surface area contributed by atoms with Gasteiger partial charge in [0.25, 0.3) is 0 Å². The van der Waals surface area contributed by atoms with E-state index in [1.807, 2.05) is 26.0 Å². The fourth-order valence-corrected chi connectivity index (χ4v) is 6.96. The Labute approximate surface area is 268 Å². The van der Waals surface area contributed by atoms with Gasteiger partial charge in [-0.2, -0.15) is 12.6 Å². The second-order valence-corrected chi connectivity index (χ2v) is 12.7. The molecule has 12 heteroatoms. The number of aliphatic hydroxyl groups is 1. The van der Waals surface area contributed by atoms with Crippen molar-refractivity contribution in [1.29, 1.82) is 0 Å². The van der Waals surface area contributed by atoms with Gasteiger partial charge in [0, 0.05) is 58.8 Å². The van der Waals surface area contributed by atoms with Gasteiger partial charge in [-0.05, 0) is 73.1 Å². The topological polar surface area (TPSA) is 181 Å². The number of hydrogen-bond acceptors (Lipinski definition) is 7. The standard InChI is InChI=1S/C33H42N4O7S/c1-6-19-15(2)24(36-33(19)44)11-22-16(3)20(7-9-29(39)40)25(34-22)13-26-21(8-10-30(41)42)17(4)23(35-26)12-27-31(28(45)14-38)18(5)32(43)37-27/h6,12-13,18-19,22,24,28,31,34-35,38,45H,1-2,7-11,14H2,3-5H3,(H,36,44)(H,37,43)(H,39,40)(H,41,42)/b25-13+,27-12-/t18-,19?,22?,24-,28-,31-/m1/s1. The van der Waals surface area contributed by atoms with E-state index in [0.717, 1.165) is 27.8 Å². The van der Waals surface area contributed by atoms with Crippen LogP contribution in [0.25, 0.3) is 12.2 Å². The number of carboxylic acid groups (broad SMARTS) is 2. The molecule has 0 radical (unpaired) electrons. The number of hydrogen-bond donors (Lipinski definition) is 8. The van der Waals surface area contributed by atoms with E-state index < -0.39 is 23.1 Å². The van der Waals surface area contributed by atoms with Crippen LogP contribution in [0.5, 0.6) is 0 Å². The van der Waals surface area contributed by atoms with Gasteiger partial charge in [-0.25, -0.2) is 0 Å². The summed E-state index contributed by atoms with van der Waals surface area (Å²) in [5.74, 6) is -3.37. The molecule has 0 aliphatic carbocycles. The van der Waals surface area contributed by atoms with Crippen LogP contribution in [0.15, 0.2) is 47.3 Å². The third-order valence-electron chi connectivity index (χ3n) is 9.20. The molecule has 11 nitrogen and oxygen atoms in total. The molecule has 45 heavy (non-hydrogen) atoms. The number of carbonyl (C=O) groups is 4. The highest BCUT2D eigenvalue weighted by Crippen LogP contribution is 2.37. The highest BCUT2D eigenvalue weighted by Gasteiger charge is 2.40. The summed E-state index contributed by atoms with van der Waals surface area (Å²) in [7, 11) is 0. The lowest BCUT2D eigenvalue weighted by molar-refractivity contribution is -0.138. The Morgan fingerprint density at radius 3 is 2.27 bits per heavy atom. The molecule has 3 aliphatic rings. The maximum absolute atomic E-state index is 12.5. The predicted molar refractivity (Wildman–Crippen MR) is 174 cm³/mol. The lowest BCUT2D eigenvalue weighted by Gasteiger charge is -2.20. The van der Waals surface area contributed by atoms with E-state index in [2.05, 4.69) is 46.7 Å². The number of thiol groups is 1. The van der Waals surface area contributed by atoms with Crippen molar-refractivity contribution in [2.45, 2.75) is 70.2 Å². The minimum Gasteiger partial charge on any atom is -0.481 e. The van der Waals surface area contributed by atoms with E-state index in [1.165, 1.54) is 0 Å². The molecule has 0 bridgehead atoms. The highest BCUT2D eigenvalue weighted by molar-refractivity contribution is 7.81. The number of aliphatic carboxylic acids is 2. The number of nitrogens with one attached hydrogen (secondary N) is 4. The SMILES string of the molecule is C=CC1C(=C)[C@@H](CC2N/C(=C/c3[nH]c(/C=C4\NC(=O)[C@H](C)[C@H]4[C@H](S)CO)c(C)c3CCC(=O)O)C(CCC(=O)O)=C2C)NC1=O. The molecular formula is C33H42N4O7S. The van der Waals surface area contributed by atoms with Gasteiger partial charge < -0.3 is 36.3 Å². The van der Waals surface area contributed by atoms with Crippen LogP contribution in [0.4, 0.5) is 0 Å². The van der Waals surface area contributed by atoms with Gasteiger partial charge in [-0.3, -0.25) is 19.2 Å². The minimum atomic E-state index is -0.944. The average molecular weight is 639 g/mol. The van der Waals surface area contributed by atoms with Crippen molar-refractivity contribution in [3.05, 3.63) is 69.9 Å². The normalized spacial score (nSPS) is 27.2. The lowest BCUT2D eigenvalue weighted by atomic mass is 9.91. The van der Waals surface area contributed by atoms with Crippen molar-refractivity contribution in [2.75, 3.05) is 6.61 Å². The van der Waals surface area contributed by atoms with Gasteiger partial charge in [0.15, 0.2) is 0 Å². The van der Waals surface area contributed by atoms with E-state index >= 15 is 0 Å². The molecule has 4 rings (SSSR count). The lowest BCUT2D eigenvalue weighted by Crippen LogP contribution is -2.34. The zero-order valence-electron chi connectivity index (χ0n) is 25.8. The Hall–Kier alpha value is -4.03. The fourth-order valence-electron chi connectivity index (χ4n) is 6.54. The molecule has 0 saturated carbocycles. The zero-order valence-corrected chi connectivity index (χ0v) is 26.7. The summed E-state index contributed by atoms with van der Waals surface area (Å²) in [6, 6.07) is -0.482. The first-order valence-corrected chi connectivity index (χ1v) is 15.5. The molecule has 1 aromatic rings. The third-order valence-corrected chi connectivity index (χ3v) is 9.69. The van der Waals surface area contributed by atoms with Crippen LogP contribution < -0.4 is 16.0 Å². The van der Waals surface area contributed by atoms with E-state index in [1.54, 1.807) is 13.0 Å². The molecule has 242 valence electrons. The molecule has 2 fully saturated rings. The van der Waals surface area contributed by atoms with E-state index in [9.17, 15) is 34.5 Å². The summed E-state index contributed by atoms with van der Waals surface area (Å²) in [5.41, 5.74) is 6.79. The number of carboxylic acids is 2. The first kappa shape index (κ1) is 33.9. The summed E-state index contributed by atoms with van der Waals surface area (Å²) in [6.07, 6.45) is 6.12. The number of aliphatic hydroxyl groups excluding tert-OH is 1. The highest BCUT2D eigenvalue weighted by atomic mass is 32.1. The molecule has 4 heterocycles. The molecular weight excluding hydrogens is 596 g/mol. The molecule has 7 N–H and O–H groups in total. The quantitative estimate of drug-likeness (QED) is 0.120. The number of carbonyl (C=O) groups excluding carboxylic acids is 2. The predicted octanol–water partition coefficient (Wildman–Crippen LogP) is 3.09. The summed E-state index contributed by atoms with van der Waals surface area (Å²) in [4.78, 5) is 51.4. The van der Waals surface area contributed by atoms with E-state index in [0.29, 0.717) is 29.2 Å². The Morgan fingerprint density at radius 1 is 1.00 bits per heavy atom. The summed E-state index contributed by atoms with van der Waals surface area (Å²) >= 11 is 4.50. The second-order valence-electron chi connectivity index (χ2n) is 12.0. The number of rotatable bonds is 13. The molecule has 2 saturated heterocycles. The van der Waals surface area contributed by atoms with Crippen LogP contribution in [0.2, 0.25) is 0 Å². The zero-order chi connectivity index (χ0) is 33.2. The summed E-state index contributed by atoms with van der Waals surface area (Å²) in [5, 5.41) is 37.6. The summed E-state index contributed by atoms with van der Waals surface area (Å²) in [6.45, 7) is 13.3. The first-order valence-electron chi connectivity index (χ1n) is 15.0. The van der Waals surface area contributed by atoms with E-state index in [-0.39, 0.29) is 68.0 Å². The summed E-state index contributed by atoms with van der Waals surface area (Å²) < 4.78 is 0. The maximum Gasteiger partial charge on any atom is 0.303 e. The van der Waals surface area contributed by atoms with Gasteiger partial charge in [0.2, 0.25) is 11.8 Å². The molecule has 0 aromatic carbocycles. The maximum atomic E-state index is 12.5. The molecule has 2 unspecified atom stereocenters. The smallest absolute Gasteiger partial charge is 0.303 e.